The summed E-state index contributed by atoms with van der Waals surface area (Å²) in [6.45, 7) is 0. The molecule has 1 atom stereocenters. The normalized spacial score (nSPS) is 11.3. The van der Waals surface area contributed by atoms with E-state index in [1.54, 1.807) is 5.80 Å². The Labute approximate surface area is 114 Å². The van der Waals surface area contributed by atoms with Gasteiger partial charge in [0.25, 0.3) is 0 Å². The minimum atomic E-state index is -1.48. The standard InChI is InChI=1S/C17H13OP/c18-19-13-7-12-16(14-8-3-1-4-9-14)17(19)15-10-5-2-6-11-15/h1-13H. The molecule has 1 heterocycles. The molecule has 2 heteroatoms. The van der Waals surface area contributed by atoms with Crippen molar-refractivity contribution in [1.82, 2.24) is 0 Å². The van der Waals surface area contributed by atoms with E-state index in [1.165, 1.54) is 0 Å². The van der Waals surface area contributed by atoms with Crippen LogP contribution in [0.25, 0.3) is 22.0 Å². The number of rotatable bonds is 2. The Bertz CT molecular complexity index is 678. The van der Waals surface area contributed by atoms with Gasteiger partial charge in [-0.25, -0.2) is 0 Å². The average Bonchev–Trinajstić information content (AvgIpc) is 2.49. The molecule has 0 saturated carbocycles. The highest BCUT2D eigenvalue weighted by Gasteiger charge is 2.15. The lowest BCUT2D eigenvalue weighted by Gasteiger charge is -2.08. The van der Waals surface area contributed by atoms with Crippen molar-refractivity contribution < 1.29 is 4.89 Å². The summed E-state index contributed by atoms with van der Waals surface area (Å²) in [5.41, 5.74) is 3.19. The summed E-state index contributed by atoms with van der Waals surface area (Å²) in [5, 5.41) is 0.921. The second-order valence-corrected chi connectivity index (χ2v) is 5.73. The Balaban J connectivity index is 2.25. The molecule has 0 saturated heterocycles. The van der Waals surface area contributed by atoms with Gasteiger partial charge in [-0.05, 0) is 17.7 Å². The molecule has 0 aliphatic rings. The van der Waals surface area contributed by atoms with Gasteiger partial charge in [-0.2, -0.15) is 0 Å². The molecule has 2 aromatic carbocycles. The first-order valence-electron chi connectivity index (χ1n) is 6.19. The van der Waals surface area contributed by atoms with E-state index in [4.69, 9.17) is 0 Å². The Hall–Kier alpha value is -1.95. The molecule has 0 aliphatic carbocycles. The smallest absolute Gasteiger partial charge is 0.159 e. The van der Waals surface area contributed by atoms with Crippen LogP contribution < -0.4 is 4.89 Å². The van der Waals surface area contributed by atoms with E-state index < -0.39 is 7.76 Å². The molecule has 1 nitrogen and oxygen atoms in total. The maximum absolute atomic E-state index is 12.4. The first-order chi connectivity index (χ1) is 9.36. The topological polar surface area (TPSA) is 23.1 Å². The largest absolute Gasteiger partial charge is 0.626 e. The third-order valence-corrected chi connectivity index (χ3v) is 4.47. The molecule has 3 rings (SSSR count). The third kappa shape index (κ3) is 2.44. The molecule has 0 spiro atoms. The fraction of sp³-hybridized carbons (Fsp3) is 0. The first-order valence-corrected chi connectivity index (χ1v) is 7.52. The molecule has 19 heavy (non-hydrogen) atoms. The van der Waals surface area contributed by atoms with Crippen molar-refractivity contribution >= 4 is 7.76 Å². The third-order valence-electron chi connectivity index (χ3n) is 3.09. The van der Waals surface area contributed by atoms with Crippen molar-refractivity contribution in [1.29, 1.82) is 0 Å². The van der Waals surface area contributed by atoms with Crippen molar-refractivity contribution in [3.8, 4) is 22.0 Å². The molecule has 0 amide bonds. The lowest BCUT2D eigenvalue weighted by molar-refractivity contribution is -0.150. The van der Waals surface area contributed by atoms with Gasteiger partial charge in [-0.15, -0.1) is 0 Å². The summed E-state index contributed by atoms with van der Waals surface area (Å²) in [4.78, 5) is 12.4. The second-order valence-electron chi connectivity index (χ2n) is 4.33. The van der Waals surface area contributed by atoms with Crippen LogP contribution in [-0.2, 0) is 0 Å². The van der Waals surface area contributed by atoms with Gasteiger partial charge in [0.1, 0.15) is 5.80 Å². The molecule has 1 unspecified atom stereocenters. The lowest BCUT2D eigenvalue weighted by Crippen LogP contribution is -1.90. The molecule has 3 aromatic rings. The van der Waals surface area contributed by atoms with Gasteiger partial charge >= 0.3 is 0 Å². The van der Waals surface area contributed by atoms with Crippen LogP contribution in [0.3, 0.4) is 0 Å². The highest BCUT2D eigenvalue weighted by molar-refractivity contribution is 7.45. The SMILES string of the molecule is [O-][p+]1cccc(-c2ccccc2)c1-c1ccccc1. The molecule has 0 N–H and O–H groups in total. The van der Waals surface area contributed by atoms with Gasteiger partial charge < -0.3 is 4.89 Å². The Morgan fingerprint density at radius 3 is 1.84 bits per heavy atom. The van der Waals surface area contributed by atoms with Crippen molar-refractivity contribution in [2.75, 3.05) is 0 Å². The van der Waals surface area contributed by atoms with Crippen LogP contribution in [0.2, 0.25) is 0 Å². The molecule has 0 radical (unpaired) electrons. The Morgan fingerprint density at radius 2 is 1.21 bits per heavy atom. The van der Waals surface area contributed by atoms with Gasteiger partial charge in [-0.1, -0.05) is 60.7 Å². The van der Waals surface area contributed by atoms with Crippen molar-refractivity contribution in [3.05, 3.63) is 78.6 Å². The highest BCUT2D eigenvalue weighted by Crippen LogP contribution is 2.41. The maximum atomic E-state index is 12.4. The van der Waals surface area contributed by atoms with Crippen LogP contribution in [0.1, 0.15) is 0 Å². The summed E-state index contributed by atoms with van der Waals surface area (Å²) in [6.07, 6.45) is 0. The van der Waals surface area contributed by atoms with Crippen LogP contribution >= 0.6 is 7.76 Å². The average molecular weight is 264 g/mol. The van der Waals surface area contributed by atoms with E-state index in [0.717, 1.165) is 22.0 Å². The molecular weight excluding hydrogens is 251 g/mol. The summed E-state index contributed by atoms with van der Waals surface area (Å²) < 4.78 is 0. The van der Waals surface area contributed by atoms with Crippen LogP contribution in [0.4, 0.5) is 0 Å². The second kappa shape index (κ2) is 5.36. The van der Waals surface area contributed by atoms with Gasteiger partial charge in [0.2, 0.25) is 0 Å². The van der Waals surface area contributed by atoms with Gasteiger partial charge in [0.05, 0.1) is 7.76 Å². The fourth-order valence-electron chi connectivity index (χ4n) is 2.22. The molecule has 0 bridgehead atoms. The number of benzene rings is 2. The van der Waals surface area contributed by atoms with E-state index in [-0.39, 0.29) is 0 Å². The van der Waals surface area contributed by atoms with Gasteiger partial charge in [0, 0.05) is 11.1 Å². The first kappa shape index (κ1) is 12.1. The summed E-state index contributed by atoms with van der Waals surface area (Å²) >= 11 is 0. The van der Waals surface area contributed by atoms with Crippen LogP contribution in [-0.4, -0.2) is 0 Å². The summed E-state index contributed by atoms with van der Waals surface area (Å²) in [5.74, 6) is 1.77. The van der Waals surface area contributed by atoms with Gasteiger partial charge in [0.15, 0.2) is 5.30 Å². The van der Waals surface area contributed by atoms with E-state index in [1.807, 2.05) is 60.7 Å². The summed E-state index contributed by atoms with van der Waals surface area (Å²) in [6, 6.07) is 24.0. The van der Waals surface area contributed by atoms with Crippen LogP contribution in [0, 0.1) is 0 Å². The Kier molecular flexibility index (Phi) is 3.41. The fourth-order valence-corrected chi connectivity index (χ4v) is 3.46. The number of hydrogen-bond donors (Lipinski definition) is 0. The Morgan fingerprint density at radius 1 is 0.632 bits per heavy atom. The predicted molar refractivity (Wildman–Crippen MR) is 79.8 cm³/mol. The zero-order valence-corrected chi connectivity index (χ0v) is 11.3. The number of hydrogen-bond acceptors (Lipinski definition) is 1. The van der Waals surface area contributed by atoms with E-state index in [9.17, 15) is 4.89 Å². The van der Waals surface area contributed by atoms with Crippen LogP contribution in [0.5, 0.6) is 0 Å². The monoisotopic (exact) mass is 264 g/mol. The lowest BCUT2D eigenvalue weighted by atomic mass is 10.0. The molecule has 0 aliphatic heterocycles. The molecule has 1 aromatic heterocycles. The predicted octanol–water partition coefficient (Wildman–Crippen LogP) is 4.41. The summed E-state index contributed by atoms with van der Waals surface area (Å²) in [7, 11) is -1.48. The maximum Gasteiger partial charge on any atom is 0.159 e. The van der Waals surface area contributed by atoms with E-state index >= 15 is 0 Å². The van der Waals surface area contributed by atoms with E-state index in [0.29, 0.717) is 0 Å². The van der Waals surface area contributed by atoms with Crippen LogP contribution in [0.15, 0.2) is 78.6 Å². The highest BCUT2D eigenvalue weighted by atomic mass is 31.1. The molecule has 92 valence electrons. The van der Waals surface area contributed by atoms with Gasteiger partial charge in [-0.3, -0.25) is 0 Å². The van der Waals surface area contributed by atoms with Crippen molar-refractivity contribution in [2.45, 2.75) is 0 Å². The van der Waals surface area contributed by atoms with Crippen molar-refractivity contribution in [3.63, 3.8) is 0 Å². The molecule has 0 fully saturated rings. The quantitative estimate of drug-likeness (QED) is 0.672. The zero-order valence-electron chi connectivity index (χ0n) is 10.4. The van der Waals surface area contributed by atoms with Crippen molar-refractivity contribution in [2.24, 2.45) is 0 Å². The van der Waals surface area contributed by atoms with E-state index in [2.05, 4.69) is 12.1 Å². The minimum Gasteiger partial charge on any atom is -0.626 e. The molecular formula is C17H13OP. The zero-order chi connectivity index (χ0) is 13.1. The minimum absolute atomic E-state index is 0.921.